The Morgan fingerprint density at radius 2 is 0.957 bits per heavy atom. The summed E-state index contributed by atoms with van der Waals surface area (Å²) in [5.74, 6) is 5.88. The number of nitrogens with one attached hydrogen (secondary N) is 7. The molecular formula is C66H88BrClN22O2. The highest BCUT2D eigenvalue weighted by atomic mass is 79.9. The van der Waals surface area contributed by atoms with E-state index in [1.165, 1.54) is 0 Å². The Balaban J connectivity index is 0.000000526. The first-order valence-corrected chi connectivity index (χ1v) is 30.0. The summed E-state index contributed by atoms with van der Waals surface area (Å²) in [4.78, 5) is 42.0. The SMILES string of the molecule is CC(C)(C)c1cc(C#N)c[nH]1.CC(C)(C)c1ccc(C#N)o1.CC(C)(C)c1nc(C#N)c(Br)[nH]1.CC(C)(C)c1nc(C#N)c(Cl)[nH]1.CC(C)(C)c1nc(C#N)n[nH]1.CC(C)(C)c1nc(O)c(C#N)[nH]1.CC(C)(C)c1ncc(C#N)[nH]1.Cc1[nH]c(C(C)(C)C)nc1C#N. The average Bonchev–Trinajstić information content (AvgIpc) is 2.04. The summed E-state index contributed by atoms with van der Waals surface area (Å²) in [7, 11) is 0. The van der Waals surface area contributed by atoms with Crippen molar-refractivity contribution < 1.29 is 9.52 Å². The lowest BCUT2D eigenvalue weighted by Crippen LogP contribution is -2.13. The van der Waals surface area contributed by atoms with E-state index in [4.69, 9.17) is 63.2 Å². The number of hydrogen-bond donors (Lipinski definition) is 8. The number of aryl methyl sites for hydroxylation is 1. The monoisotopic (exact) mass is 1330 g/mol. The highest BCUT2D eigenvalue weighted by molar-refractivity contribution is 9.10. The average molecular weight is 1340 g/mol. The zero-order valence-corrected chi connectivity index (χ0v) is 60.0. The van der Waals surface area contributed by atoms with Crippen LogP contribution in [0.4, 0.5) is 0 Å². The number of halogens is 2. The molecule has 0 unspecified atom stereocenters. The molecule has 488 valence electrons. The lowest BCUT2D eigenvalue weighted by atomic mass is 9.92. The van der Waals surface area contributed by atoms with Crippen molar-refractivity contribution in [3.8, 4) is 54.4 Å². The molecule has 0 aromatic carbocycles. The number of hydrogen-bond acceptors (Lipinski definition) is 17. The maximum Gasteiger partial charge on any atom is 0.252 e. The minimum atomic E-state index is -0.220. The largest absolute Gasteiger partial charge is 0.491 e. The predicted molar refractivity (Wildman–Crippen MR) is 355 cm³/mol. The second-order valence-corrected chi connectivity index (χ2v) is 30.0. The van der Waals surface area contributed by atoms with Gasteiger partial charge in [0, 0.05) is 60.9 Å². The van der Waals surface area contributed by atoms with E-state index in [0.29, 0.717) is 44.0 Å². The lowest BCUT2D eigenvalue weighted by molar-refractivity contribution is 0.403. The smallest absolute Gasteiger partial charge is 0.252 e. The first-order chi connectivity index (χ1) is 41.9. The Bertz CT molecular complexity index is 3500. The van der Waals surface area contributed by atoms with Gasteiger partial charge < -0.3 is 39.4 Å². The van der Waals surface area contributed by atoms with Crippen molar-refractivity contribution in [3.05, 3.63) is 138 Å². The fourth-order valence-corrected chi connectivity index (χ4v) is 6.92. The predicted octanol–water partition coefficient (Wildman–Crippen LogP) is 14.9. The summed E-state index contributed by atoms with van der Waals surface area (Å²) in [6, 6.07) is 21.1. The molecule has 8 aromatic rings. The van der Waals surface area contributed by atoms with Crippen molar-refractivity contribution in [2.45, 2.75) is 216 Å². The normalized spacial score (nSPS) is 11.2. The maximum atomic E-state index is 9.13. The number of aromatic hydroxyl groups is 1. The van der Waals surface area contributed by atoms with Gasteiger partial charge in [0.1, 0.15) is 105 Å². The van der Waals surface area contributed by atoms with Gasteiger partial charge in [0.05, 0.1) is 11.8 Å². The van der Waals surface area contributed by atoms with E-state index >= 15 is 0 Å². The zero-order chi connectivity index (χ0) is 71.3. The van der Waals surface area contributed by atoms with Gasteiger partial charge in [-0.25, -0.2) is 24.9 Å². The van der Waals surface area contributed by atoms with E-state index in [-0.39, 0.29) is 66.4 Å². The fourth-order valence-electron chi connectivity index (χ4n) is 6.38. The molecule has 0 saturated heterocycles. The summed E-state index contributed by atoms with van der Waals surface area (Å²) < 4.78 is 5.90. The minimum Gasteiger partial charge on any atom is -0.491 e. The molecule has 0 fully saturated rings. The molecule has 8 aromatic heterocycles. The van der Waals surface area contributed by atoms with Crippen LogP contribution in [-0.4, -0.2) is 75.1 Å². The third-order valence-corrected chi connectivity index (χ3v) is 12.8. The van der Waals surface area contributed by atoms with Crippen molar-refractivity contribution in [2.24, 2.45) is 0 Å². The van der Waals surface area contributed by atoms with E-state index in [0.717, 1.165) is 46.3 Å². The number of aromatic amines is 7. The molecule has 8 heterocycles. The Morgan fingerprint density at radius 1 is 0.478 bits per heavy atom. The van der Waals surface area contributed by atoms with Crippen molar-refractivity contribution in [3.63, 3.8) is 0 Å². The molecule has 0 saturated carbocycles. The zero-order valence-electron chi connectivity index (χ0n) is 57.7. The summed E-state index contributed by atoms with van der Waals surface area (Å²) in [5, 5.41) is 84.2. The van der Waals surface area contributed by atoms with Crippen LogP contribution in [0.2, 0.25) is 5.15 Å². The van der Waals surface area contributed by atoms with Gasteiger partial charge in [0.2, 0.25) is 11.6 Å². The third kappa shape index (κ3) is 26.4. The second-order valence-electron chi connectivity index (χ2n) is 28.9. The van der Waals surface area contributed by atoms with Crippen molar-refractivity contribution in [1.29, 1.82) is 42.1 Å². The number of nitrogens with zero attached hydrogens (tertiary/aromatic N) is 15. The Morgan fingerprint density at radius 3 is 1.22 bits per heavy atom. The second kappa shape index (κ2) is 32.8. The number of aromatic nitrogens is 14. The minimum absolute atomic E-state index is 0.00486. The molecule has 24 nitrogen and oxygen atoms in total. The van der Waals surface area contributed by atoms with Crippen molar-refractivity contribution in [2.75, 3.05) is 0 Å². The summed E-state index contributed by atoms with van der Waals surface area (Å²) in [5.41, 5.74) is 4.19. The lowest BCUT2D eigenvalue weighted by Gasteiger charge is -2.15. The summed E-state index contributed by atoms with van der Waals surface area (Å²) >= 11 is 8.94. The third-order valence-electron chi connectivity index (χ3n) is 11.9. The Hall–Kier alpha value is -9.76. The molecular weight excluding hydrogens is 1250 g/mol. The summed E-state index contributed by atoms with van der Waals surface area (Å²) in [6.45, 7) is 50.7. The number of furan rings is 1. The molecule has 8 N–H and O–H groups in total. The van der Waals surface area contributed by atoms with E-state index < -0.39 is 0 Å². The van der Waals surface area contributed by atoms with Crippen LogP contribution in [0.5, 0.6) is 5.88 Å². The van der Waals surface area contributed by atoms with Crippen LogP contribution in [0.25, 0.3) is 0 Å². The van der Waals surface area contributed by atoms with Crippen LogP contribution in [0.3, 0.4) is 0 Å². The maximum absolute atomic E-state index is 9.13. The van der Waals surface area contributed by atoms with Gasteiger partial charge in [-0.1, -0.05) is 178 Å². The van der Waals surface area contributed by atoms with Gasteiger partial charge in [-0.3, -0.25) is 5.10 Å². The van der Waals surface area contributed by atoms with E-state index in [2.05, 4.69) is 134 Å². The number of H-pyrrole nitrogens is 7. The highest BCUT2D eigenvalue weighted by Gasteiger charge is 2.24. The fraction of sp³-hybridized carbons (Fsp3) is 0.500. The first kappa shape index (κ1) is 80.3. The van der Waals surface area contributed by atoms with E-state index in [1.54, 1.807) is 18.5 Å². The number of imidazole rings is 5. The van der Waals surface area contributed by atoms with Crippen molar-refractivity contribution in [1.82, 2.24) is 70.0 Å². The van der Waals surface area contributed by atoms with Crippen LogP contribution < -0.4 is 0 Å². The van der Waals surface area contributed by atoms with E-state index in [9.17, 15) is 0 Å². The number of rotatable bonds is 0. The van der Waals surface area contributed by atoms with Crippen LogP contribution >= 0.6 is 27.5 Å². The first-order valence-electron chi connectivity index (χ1n) is 28.8. The molecule has 92 heavy (non-hydrogen) atoms. The molecule has 26 heteroatoms. The van der Waals surface area contributed by atoms with Gasteiger partial charge >= 0.3 is 0 Å². The molecule has 0 atom stereocenters. The van der Waals surface area contributed by atoms with Gasteiger partial charge in [-0.15, -0.1) is 5.10 Å². The topological polar surface area (TPSA) is 424 Å². The van der Waals surface area contributed by atoms with Gasteiger partial charge in [0.15, 0.2) is 22.8 Å². The molecule has 8 rings (SSSR count). The highest BCUT2D eigenvalue weighted by Crippen LogP contribution is 2.28. The molecule has 0 aliphatic carbocycles. The quantitative estimate of drug-likeness (QED) is 0.0699. The number of nitriles is 8. The van der Waals surface area contributed by atoms with Crippen LogP contribution in [0.1, 0.15) is 264 Å². The van der Waals surface area contributed by atoms with Crippen molar-refractivity contribution >= 4 is 27.5 Å². The van der Waals surface area contributed by atoms with Crippen LogP contribution in [-0.2, 0) is 43.3 Å². The summed E-state index contributed by atoms with van der Waals surface area (Å²) in [6.07, 6.45) is 3.29. The Labute approximate surface area is 555 Å². The molecule has 0 amide bonds. The molecule has 0 aliphatic rings. The van der Waals surface area contributed by atoms with Gasteiger partial charge in [0.25, 0.3) is 5.82 Å². The standard InChI is InChI=1S/C9H13N3.C9H12N2.C9H11NO.C8H10BrN3.C8H10ClN3.C8H11N3O.C8H11N3.C7H10N4/c1-6-7(5-10)12-8(11-6)9(2,3)4;1-9(2,3)8-4-7(5-10)6-11-8;1-9(2,3)8-5-4-7(6-10)11-8;2*1-8(2,3)7-11-5(4-10)6(9)12-7;1-8(2,3)7-10-5(4-9)6(12)11-7;1-8(2,3)7-10-5-6(4-9)11-7;1-7(2,3)6-9-5(4-8)10-11-6/h1-4H3,(H,11,12);4,6,11H,1-3H3;4-5H,1-3H3;2*1-3H3,(H,11,12);12H,1-3H3,(H,10,11);5H,1-3H3,(H,10,11);1-3H3,(H,9,10,11). The van der Waals surface area contributed by atoms with Crippen LogP contribution in [0, 0.1) is 97.6 Å². The molecule has 0 radical (unpaired) electrons. The van der Waals surface area contributed by atoms with Crippen LogP contribution in [0.15, 0.2) is 39.6 Å². The molecule has 0 spiro atoms. The van der Waals surface area contributed by atoms with Gasteiger partial charge in [-0.05, 0) is 41.1 Å². The van der Waals surface area contributed by atoms with Gasteiger partial charge in [-0.2, -0.15) is 47.1 Å². The van der Waals surface area contributed by atoms with E-state index in [1.807, 2.05) is 186 Å². The molecule has 0 aliphatic heterocycles. The molecule has 0 bridgehead atoms. The Kier molecular flexibility index (Phi) is 28.6.